The molecule has 1 atom stereocenters. The predicted octanol–water partition coefficient (Wildman–Crippen LogP) is 3.97. The van der Waals surface area contributed by atoms with Crippen LogP contribution in [-0.2, 0) is 11.2 Å². The van der Waals surface area contributed by atoms with E-state index in [1.54, 1.807) is 0 Å². The fraction of sp³-hybridized carbons (Fsp3) is 0.350. The molecule has 2 aromatic carbocycles. The minimum absolute atomic E-state index is 0.203. The third kappa shape index (κ3) is 2.91. The molecule has 3 nitrogen and oxygen atoms in total. The second-order valence-electron chi connectivity index (χ2n) is 6.53. The van der Waals surface area contributed by atoms with E-state index in [0.29, 0.717) is 11.8 Å². The monoisotopic (exact) mass is 338 g/mol. The first-order valence-electron chi connectivity index (χ1n) is 8.61. The van der Waals surface area contributed by atoms with Gasteiger partial charge in [0.25, 0.3) is 0 Å². The highest BCUT2D eigenvalue weighted by Crippen LogP contribution is 2.37. The number of anilines is 2. The van der Waals surface area contributed by atoms with Gasteiger partial charge >= 0.3 is 0 Å². The van der Waals surface area contributed by atoms with Gasteiger partial charge in [0.15, 0.2) is 0 Å². The van der Waals surface area contributed by atoms with Crippen molar-refractivity contribution < 1.29 is 4.79 Å². The number of nitrogens with zero attached hydrogens (tertiary/aromatic N) is 2. The summed E-state index contributed by atoms with van der Waals surface area (Å²) in [6.07, 6.45) is 2.06. The van der Waals surface area contributed by atoms with Crippen LogP contribution in [0.3, 0.4) is 0 Å². The quantitative estimate of drug-likeness (QED) is 0.828. The lowest BCUT2D eigenvalue weighted by Crippen LogP contribution is -2.40. The normalized spacial score (nSPS) is 19.6. The Labute approximate surface area is 147 Å². The number of fused-ring (bicyclic) bond motifs is 2. The van der Waals surface area contributed by atoms with Crippen molar-refractivity contribution in [2.45, 2.75) is 29.9 Å². The molecule has 0 aliphatic carbocycles. The molecule has 1 amide bonds. The van der Waals surface area contributed by atoms with Gasteiger partial charge < -0.3 is 9.80 Å². The van der Waals surface area contributed by atoms with Gasteiger partial charge in [0.05, 0.1) is 12.2 Å². The first-order chi connectivity index (χ1) is 11.7. The molecule has 2 aliphatic heterocycles. The van der Waals surface area contributed by atoms with Gasteiger partial charge in [0.2, 0.25) is 5.91 Å². The number of carbonyl (C=O) groups excluding carboxylic acids is 1. The van der Waals surface area contributed by atoms with Crippen molar-refractivity contribution in [2.75, 3.05) is 29.4 Å². The Morgan fingerprint density at radius 2 is 1.83 bits per heavy atom. The molecule has 124 valence electrons. The lowest BCUT2D eigenvalue weighted by atomic mass is 10.2. The second kappa shape index (κ2) is 6.52. The fourth-order valence-corrected chi connectivity index (χ4v) is 4.68. The molecule has 0 N–H and O–H groups in total. The van der Waals surface area contributed by atoms with Crippen LogP contribution in [0.2, 0.25) is 0 Å². The summed E-state index contributed by atoms with van der Waals surface area (Å²) in [5.41, 5.74) is 3.65. The molecule has 0 saturated carbocycles. The Hall–Kier alpha value is -1.94. The third-order valence-electron chi connectivity index (χ3n) is 4.85. The lowest BCUT2D eigenvalue weighted by molar-refractivity contribution is -0.117. The van der Waals surface area contributed by atoms with Gasteiger partial charge in [-0.25, -0.2) is 0 Å². The summed E-state index contributed by atoms with van der Waals surface area (Å²) in [6.45, 7) is 4.45. The molecule has 24 heavy (non-hydrogen) atoms. The van der Waals surface area contributed by atoms with Crippen LogP contribution in [0, 0.1) is 0 Å². The molecule has 4 rings (SSSR count). The molecule has 0 fully saturated rings. The molecule has 0 unspecified atom stereocenters. The van der Waals surface area contributed by atoms with Crippen LogP contribution in [0.1, 0.15) is 18.9 Å². The Kier molecular flexibility index (Phi) is 4.23. The highest BCUT2D eigenvalue weighted by Gasteiger charge is 2.27. The number of carbonyl (C=O) groups is 1. The van der Waals surface area contributed by atoms with Crippen LogP contribution < -0.4 is 9.80 Å². The minimum Gasteiger partial charge on any atom is -0.362 e. The van der Waals surface area contributed by atoms with Gasteiger partial charge in [0.1, 0.15) is 0 Å². The topological polar surface area (TPSA) is 23.6 Å². The highest BCUT2D eigenvalue weighted by molar-refractivity contribution is 8.00. The lowest BCUT2D eigenvalue weighted by Gasteiger charge is -2.26. The first kappa shape index (κ1) is 15.6. The second-order valence-corrected chi connectivity index (χ2v) is 8.01. The van der Waals surface area contributed by atoms with Crippen molar-refractivity contribution in [1.29, 1.82) is 0 Å². The van der Waals surface area contributed by atoms with E-state index in [2.05, 4.69) is 54.3 Å². The van der Waals surface area contributed by atoms with Crippen LogP contribution in [0.4, 0.5) is 11.4 Å². The van der Waals surface area contributed by atoms with E-state index in [-0.39, 0.29) is 5.91 Å². The first-order valence-corrected chi connectivity index (χ1v) is 9.49. The van der Waals surface area contributed by atoms with Crippen LogP contribution >= 0.6 is 11.8 Å². The van der Waals surface area contributed by atoms with E-state index in [4.69, 9.17) is 0 Å². The number of para-hydroxylation sites is 2. The number of rotatable bonds is 2. The Morgan fingerprint density at radius 1 is 1.08 bits per heavy atom. The van der Waals surface area contributed by atoms with Crippen LogP contribution in [0.5, 0.6) is 0 Å². The van der Waals surface area contributed by atoms with Crippen molar-refractivity contribution in [3.05, 3.63) is 54.1 Å². The number of benzene rings is 2. The Balaban J connectivity index is 1.57. The van der Waals surface area contributed by atoms with Crippen LogP contribution in [-0.4, -0.2) is 30.8 Å². The van der Waals surface area contributed by atoms with E-state index < -0.39 is 0 Å². The van der Waals surface area contributed by atoms with Gasteiger partial charge in [-0.1, -0.05) is 37.3 Å². The van der Waals surface area contributed by atoms with Crippen molar-refractivity contribution in [3.8, 4) is 0 Å². The Bertz CT molecular complexity index is 761. The van der Waals surface area contributed by atoms with E-state index in [1.165, 1.54) is 16.1 Å². The van der Waals surface area contributed by atoms with Gasteiger partial charge in [-0.05, 0) is 36.6 Å². The number of thioether (sulfide) groups is 1. The predicted molar refractivity (Wildman–Crippen MR) is 101 cm³/mol. The maximum absolute atomic E-state index is 13.1. The summed E-state index contributed by atoms with van der Waals surface area (Å²) in [4.78, 5) is 18.5. The van der Waals surface area contributed by atoms with Crippen molar-refractivity contribution in [1.82, 2.24) is 0 Å². The summed E-state index contributed by atoms with van der Waals surface area (Å²) >= 11 is 1.88. The third-order valence-corrected chi connectivity index (χ3v) is 6.09. The van der Waals surface area contributed by atoms with Gasteiger partial charge in [0, 0.05) is 28.9 Å². The zero-order valence-corrected chi connectivity index (χ0v) is 14.8. The smallest absolute Gasteiger partial charge is 0.246 e. The van der Waals surface area contributed by atoms with E-state index in [9.17, 15) is 4.79 Å². The molecule has 0 aromatic heterocycles. The highest BCUT2D eigenvalue weighted by atomic mass is 32.2. The summed E-state index contributed by atoms with van der Waals surface area (Å²) in [7, 11) is 0. The fourth-order valence-electron chi connectivity index (χ4n) is 3.57. The molecular weight excluding hydrogens is 316 g/mol. The van der Waals surface area contributed by atoms with Gasteiger partial charge in [-0.3, -0.25) is 4.79 Å². The summed E-state index contributed by atoms with van der Waals surface area (Å²) in [5.74, 6) is 0.203. The van der Waals surface area contributed by atoms with Crippen LogP contribution in [0.15, 0.2) is 53.4 Å². The molecule has 2 aliphatic rings. The van der Waals surface area contributed by atoms with E-state index in [1.807, 2.05) is 22.7 Å². The van der Waals surface area contributed by atoms with E-state index >= 15 is 0 Å². The average Bonchev–Trinajstić information content (AvgIpc) is 2.91. The zero-order chi connectivity index (χ0) is 16.5. The standard InChI is InChI=1S/C20H22N2OS/c1-15-10-13-22(18-8-4-5-9-19(18)24-15)20(23)14-21-12-11-16-6-2-3-7-17(16)21/h2-9,15H,10-14H2,1H3/t15-/m1/s1. The molecule has 2 aromatic rings. The average molecular weight is 338 g/mol. The molecule has 0 spiro atoms. The summed E-state index contributed by atoms with van der Waals surface area (Å²) in [5, 5.41) is 0.538. The van der Waals surface area contributed by atoms with Crippen molar-refractivity contribution in [2.24, 2.45) is 0 Å². The maximum Gasteiger partial charge on any atom is 0.246 e. The molecule has 4 heteroatoms. The van der Waals surface area contributed by atoms with Crippen molar-refractivity contribution >= 4 is 29.0 Å². The number of hydrogen-bond acceptors (Lipinski definition) is 3. The minimum atomic E-state index is 0.203. The molecule has 0 saturated heterocycles. The molecule has 0 radical (unpaired) electrons. The molecular formula is C20H22N2OS. The Morgan fingerprint density at radius 3 is 2.71 bits per heavy atom. The van der Waals surface area contributed by atoms with Gasteiger partial charge in [-0.2, -0.15) is 0 Å². The van der Waals surface area contributed by atoms with Crippen LogP contribution in [0.25, 0.3) is 0 Å². The van der Waals surface area contributed by atoms with Gasteiger partial charge in [-0.15, -0.1) is 11.8 Å². The summed E-state index contributed by atoms with van der Waals surface area (Å²) < 4.78 is 0. The van der Waals surface area contributed by atoms with E-state index in [0.717, 1.165) is 31.6 Å². The molecule has 2 heterocycles. The SMILES string of the molecule is C[C@@H]1CCN(C(=O)CN2CCc3ccccc32)c2ccccc2S1. The largest absolute Gasteiger partial charge is 0.362 e. The zero-order valence-electron chi connectivity index (χ0n) is 13.9. The van der Waals surface area contributed by atoms with Crippen molar-refractivity contribution in [3.63, 3.8) is 0 Å². The summed E-state index contributed by atoms with van der Waals surface area (Å²) in [6, 6.07) is 16.7. The number of hydrogen-bond donors (Lipinski definition) is 0. The molecule has 0 bridgehead atoms. The maximum atomic E-state index is 13.1. The number of amides is 1.